The van der Waals surface area contributed by atoms with E-state index in [1.165, 1.54) is 12.1 Å². The number of thiazole rings is 1. The van der Waals surface area contributed by atoms with E-state index in [1.807, 2.05) is 13.0 Å². The maximum Gasteiger partial charge on any atom is 0.416 e. The molecule has 0 aliphatic heterocycles. The van der Waals surface area contributed by atoms with Crippen LogP contribution in [0.2, 0.25) is 0 Å². The van der Waals surface area contributed by atoms with Crippen molar-refractivity contribution in [3.63, 3.8) is 0 Å². The zero-order valence-corrected chi connectivity index (χ0v) is 14.7. The summed E-state index contributed by atoms with van der Waals surface area (Å²) in [6, 6.07) is 8.31. The van der Waals surface area contributed by atoms with Crippen LogP contribution >= 0.6 is 11.3 Å². The molecule has 3 aromatic rings. The molecule has 1 aromatic carbocycles. The highest BCUT2D eigenvalue weighted by atomic mass is 32.1. The molecule has 0 radical (unpaired) electrons. The minimum Gasteiger partial charge on any atom is -0.306 e. The second kappa shape index (κ2) is 6.87. The molecule has 0 aliphatic rings. The van der Waals surface area contributed by atoms with Crippen molar-refractivity contribution in [2.45, 2.75) is 20.0 Å². The fraction of sp³-hybridized carbons (Fsp3) is 0.167. The summed E-state index contributed by atoms with van der Waals surface area (Å²) in [6.45, 7) is 3.51. The van der Waals surface area contributed by atoms with Gasteiger partial charge >= 0.3 is 6.18 Å². The first-order valence-electron chi connectivity index (χ1n) is 7.64. The Morgan fingerprint density at radius 3 is 2.42 bits per heavy atom. The molecule has 0 aliphatic carbocycles. The first-order chi connectivity index (χ1) is 12.3. The maximum absolute atomic E-state index is 12.7. The molecule has 0 fully saturated rings. The topological polar surface area (TPSA) is 54.9 Å². The van der Waals surface area contributed by atoms with Gasteiger partial charge in [0.1, 0.15) is 15.7 Å². The highest BCUT2D eigenvalue weighted by Gasteiger charge is 2.30. The van der Waals surface area contributed by atoms with Crippen molar-refractivity contribution in [3.05, 3.63) is 64.3 Å². The number of aromatic nitrogens is 2. The monoisotopic (exact) mass is 377 g/mol. The second-order valence-corrected chi connectivity index (χ2v) is 6.63. The van der Waals surface area contributed by atoms with Gasteiger partial charge in [-0.15, -0.1) is 11.3 Å². The first-order valence-corrected chi connectivity index (χ1v) is 8.45. The minimum absolute atomic E-state index is 0.347. The van der Waals surface area contributed by atoms with Crippen molar-refractivity contribution in [1.29, 1.82) is 0 Å². The third kappa shape index (κ3) is 3.75. The van der Waals surface area contributed by atoms with E-state index in [2.05, 4.69) is 15.3 Å². The van der Waals surface area contributed by atoms with Crippen molar-refractivity contribution in [1.82, 2.24) is 9.97 Å². The number of carbonyl (C=O) groups is 1. The summed E-state index contributed by atoms with van der Waals surface area (Å²) < 4.78 is 38.0. The van der Waals surface area contributed by atoms with Crippen LogP contribution in [0.15, 0.2) is 42.6 Å². The molecule has 26 heavy (non-hydrogen) atoms. The van der Waals surface area contributed by atoms with E-state index < -0.39 is 11.7 Å². The Morgan fingerprint density at radius 1 is 1.12 bits per heavy atom. The zero-order valence-electron chi connectivity index (χ0n) is 13.9. The van der Waals surface area contributed by atoms with Crippen LogP contribution in [0.4, 0.5) is 19.0 Å². The molecule has 1 amide bonds. The zero-order chi connectivity index (χ0) is 18.9. The summed E-state index contributed by atoms with van der Waals surface area (Å²) in [5.74, 6) is 0.112. The number of nitrogens with one attached hydrogen (secondary N) is 1. The Morgan fingerprint density at radius 2 is 1.81 bits per heavy atom. The minimum atomic E-state index is -4.39. The maximum atomic E-state index is 12.7. The molecular weight excluding hydrogens is 363 g/mol. The summed E-state index contributed by atoms with van der Waals surface area (Å²) in [4.78, 5) is 21.3. The number of halogens is 3. The van der Waals surface area contributed by atoms with Gasteiger partial charge in [-0.3, -0.25) is 4.79 Å². The highest BCUT2D eigenvalue weighted by molar-refractivity contribution is 7.17. The third-order valence-electron chi connectivity index (χ3n) is 3.70. The molecule has 8 heteroatoms. The van der Waals surface area contributed by atoms with E-state index in [1.54, 1.807) is 19.2 Å². The molecule has 134 valence electrons. The lowest BCUT2D eigenvalue weighted by Crippen LogP contribution is -2.13. The van der Waals surface area contributed by atoms with Gasteiger partial charge < -0.3 is 5.32 Å². The van der Waals surface area contributed by atoms with Crippen LogP contribution in [0.3, 0.4) is 0 Å². The van der Waals surface area contributed by atoms with Gasteiger partial charge in [-0.1, -0.05) is 18.2 Å². The van der Waals surface area contributed by atoms with Crippen LogP contribution in [0.1, 0.15) is 26.5 Å². The average molecular weight is 377 g/mol. The number of carbonyl (C=O) groups excluding carboxylic acids is 1. The van der Waals surface area contributed by atoms with Gasteiger partial charge in [-0.2, -0.15) is 13.2 Å². The number of aryl methyl sites for hydroxylation is 2. The van der Waals surface area contributed by atoms with Crippen molar-refractivity contribution in [2.75, 3.05) is 5.32 Å². The summed E-state index contributed by atoms with van der Waals surface area (Å²) in [7, 11) is 0. The van der Waals surface area contributed by atoms with E-state index in [-0.39, 0.29) is 5.91 Å². The van der Waals surface area contributed by atoms with Gasteiger partial charge in [0.15, 0.2) is 0 Å². The van der Waals surface area contributed by atoms with E-state index in [0.29, 0.717) is 27.0 Å². The van der Waals surface area contributed by atoms with E-state index >= 15 is 0 Å². The van der Waals surface area contributed by atoms with Crippen LogP contribution in [0, 0.1) is 13.8 Å². The molecule has 0 atom stereocenters. The molecule has 0 spiro atoms. The summed E-state index contributed by atoms with van der Waals surface area (Å²) in [6.07, 6.45) is -2.81. The lowest BCUT2D eigenvalue weighted by molar-refractivity contribution is -0.137. The Balaban J connectivity index is 1.85. The van der Waals surface area contributed by atoms with Crippen LogP contribution in [0.25, 0.3) is 10.6 Å². The van der Waals surface area contributed by atoms with E-state index in [0.717, 1.165) is 29.0 Å². The molecule has 2 heterocycles. The molecule has 0 bridgehead atoms. The largest absolute Gasteiger partial charge is 0.416 e. The average Bonchev–Trinajstić information content (AvgIpc) is 2.98. The molecule has 0 saturated carbocycles. The number of benzene rings is 1. The lowest BCUT2D eigenvalue weighted by atomic mass is 10.1. The number of rotatable bonds is 3. The number of hydrogen-bond acceptors (Lipinski definition) is 4. The Bertz CT molecular complexity index is 949. The predicted molar refractivity (Wildman–Crippen MR) is 94.2 cm³/mol. The Hall–Kier alpha value is -2.74. The van der Waals surface area contributed by atoms with Gasteiger partial charge in [0.25, 0.3) is 5.91 Å². The van der Waals surface area contributed by atoms with Gasteiger partial charge in [-0.05, 0) is 37.6 Å². The molecule has 0 saturated heterocycles. The van der Waals surface area contributed by atoms with Gasteiger partial charge in [-0.25, -0.2) is 9.97 Å². The summed E-state index contributed by atoms with van der Waals surface area (Å²) >= 11 is 1.13. The Labute approximate surface area is 151 Å². The van der Waals surface area contributed by atoms with E-state index in [4.69, 9.17) is 0 Å². The van der Waals surface area contributed by atoms with Crippen LogP contribution < -0.4 is 5.32 Å². The molecule has 2 aromatic heterocycles. The lowest BCUT2D eigenvalue weighted by Gasteiger charge is -2.06. The van der Waals surface area contributed by atoms with Crippen LogP contribution in [-0.2, 0) is 6.18 Å². The molecular formula is C18H14F3N3OS. The number of hydrogen-bond donors (Lipinski definition) is 1. The fourth-order valence-electron chi connectivity index (χ4n) is 2.31. The normalized spacial score (nSPS) is 11.4. The quantitative estimate of drug-likeness (QED) is 0.691. The standard InChI is InChI=1S/C18H14F3N3OS/c1-10-4-3-9-22-15(10)24-16(25)14-11(2)23-17(26-14)12-5-7-13(8-6-12)18(19,20)21/h3-9H,1-2H3,(H,22,24,25). The Kier molecular flexibility index (Phi) is 4.78. The molecule has 4 nitrogen and oxygen atoms in total. The van der Waals surface area contributed by atoms with Crippen molar-refractivity contribution in [2.24, 2.45) is 0 Å². The molecule has 1 N–H and O–H groups in total. The van der Waals surface area contributed by atoms with Gasteiger partial charge in [0.2, 0.25) is 0 Å². The van der Waals surface area contributed by atoms with Crippen LogP contribution in [-0.4, -0.2) is 15.9 Å². The van der Waals surface area contributed by atoms with Gasteiger partial charge in [0, 0.05) is 11.8 Å². The predicted octanol–water partition coefficient (Wildman–Crippen LogP) is 5.09. The second-order valence-electron chi connectivity index (χ2n) is 5.63. The first kappa shape index (κ1) is 18.1. The number of amides is 1. The number of anilines is 1. The number of nitrogens with zero attached hydrogens (tertiary/aromatic N) is 2. The fourth-order valence-corrected chi connectivity index (χ4v) is 3.28. The highest BCUT2D eigenvalue weighted by Crippen LogP contribution is 2.33. The summed E-state index contributed by atoms with van der Waals surface area (Å²) in [5, 5.41) is 3.22. The van der Waals surface area contributed by atoms with Crippen LogP contribution in [0.5, 0.6) is 0 Å². The number of alkyl halides is 3. The van der Waals surface area contributed by atoms with E-state index in [9.17, 15) is 18.0 Å². The summed E-state index contributed by atoms with van der Waals surface area (Å²) in [5.41, 5.74) is 1.14. The number of pyridine rings is 1. The smallest absolute Gasteiger partial charge is 0.306 e. The van der Waals surface area contributed by atoms with Crippen molar-refractivity contribution < 1.29 is 18.0 Å². The molecule has 0 unspecified atom stereocenters. The van der Waals surface area contributed by atoms with Crippen molar-refractivity contribution in [3.8, 4) is 10.6 Å². The van der Waals surface area contributed by atoms with Gasteiger partial charge in [0.05, 0.1) is 11.3 Å². The van der Waals surface area contributed by atoms with Crippen molar-refractivity contribution >= 4 is 23.1 Å². The SMILES string of the molecule is Cc1cccnc1NC(=O)c1sc(-c2ccc(C(F)(F)F)cc2)nc1C. The molecule has 3 rings (SSSR count). The third-order valence-corrected chi connectivity index (χ3v) is 4.91.